The van der Waals surface area contributed by atoms with Crippen molar-refractivity contribution in [1.29, 1.82) is 0 Å². The SMILES string of the molecule is CCOc1ccc(C(NC(=O)c2nn(C)c(=O)c3ccccc23)c2ccccc2)cc1. The van der Waals surface area contributed by atoms with Crippen molar-refractivity contribution in [2.75, 3.05) is 6.61 Å². The van der Waals surface area contributed by atoms with Gasteiger partial charge in [0.1, 0.15) is 5.75 Å². The van der Waals surface area contributed by atoms with Gasteiger partial charge in [-0.05, 0) is 36.2 Å². The van der Waals surface area contributed by atoms with Gasteiger partial charge in [-0.25, -0.2) is 4.68 Å². The monoisotopic (exact) mass is 413 g/mol. The van der Waals surface area contributed by atoms with E-state index in [0.29, 0.717) is 17.4 Å². The highest BCUT2D eigenvalue weighted by Crippen LogP contribution is 2.25. The molecule has 31 heavy (non-hydrogen) atoms. The number of carbonyl (C=O) groups excluding carboxylic acids is 1. The van der Waals surface area contributed by atoms with Crippen LogP contribution in [0.15, 0.2) is 83.7 Å². The first-order valence-corrected chi connectivity index (χ1v) is 10.1. The lowest BCUT2D eigenvalue weighted by atomic mass is 9.98. The number of carbonyl (C=O) groups is 1. The largest absolute Gasteiger partial charge is 0.494 e. The van der Waals surface area contributed by atoms with Crippen molar-refractivity contribution < 1.29 is 9.53 Å². The molecular formula is C25H23N3O3. The van der Waals surface area contributed by atoms with Crippen LogP contribution < -0.4 is 15.6 Å². The lowest BCUT2D eigenvalue weighted by Gasteiger charge is -2.20. The maximum atomic E-state index is 13.3. The lowest BCUT2D eigenvalue weighted by Crippen LogP contribution is -2.32. The second-order valence-electron chi connectivity index (χ2n) is 7.14. The Balaban J connectivity index is 1.74. The van der Waals surface area contributed by atoms with Crippen LogP contribution in [0.25, 0.3) is 10.8 Å². The summed E-state index contributed by atoms with van der Waals surface area (Å²) in [6, 6.07) is 24.0. The van der Waals surface area contributed by atoms with Crippen LogP contribution in [0, 0.1) is 0 Å². The molecule has 3 aromatic carbocycles. The van der Waals surface area contributed by atoms with E-state index in [1.54, 1.807) is 31.3 Å². The standard InChI is InChI=1S/C25H23N3O3/c1-3-31-19-15-13-18(14-16-19)22(17-9-5-4-6-10-17)26-24(29)23-20-11-7-8-12-21(20)25(30)28(2)27-23/h4-16,22H,3H2,1-2H3,(H,26,29). The molecule has 0 spiro atoms. The van der Waals surface area contributed by atoms with Crippen LogP contribution in [-0.2, 0) is 7.05 Å². The molecule has 4 aromatic rings. The van der Waals surface area contributed by atoms with Crippen molar-refractivity contribution in [1.82, 2.24) is 15.1 Å². The van der Waals surface area contributed by atoms with Gasteiger partial charge >= 0.3 is 0 Å². The number of aromatic nitrogens is 2. The van der Waals surface area contributed by atoms with Crippen LogP contribution in [0.1, 0.15) is 34.6 Å². The summed E-state index contributed by atoms with van der Waals surface area (Å²) < 4.78 is 6.74. The number of aryl methyl sites for hydroxylation is 1. The van der Waals surface area contributed by atoms with Gasteiger partial charge < -0.3 is 10.1 Å². The van der Waals surface area contributed by atoms with Gasteiger partial charge in [-0.2, -0.15) is 5.10 Å². The first-order valence-electron chi connectivity index (χ1n) is 10.1. The molecule has 0 aliphatic heterocycles. The molecule has 6 nitrogen and oxygen atoms in total. The van der Waals surface area contributed by atoms with Crippen molar-refractivity contribution in [2.24, 2.45) is 7.05 Å². The average molecular weight is 413 g/mol. The number of nitrogens with one attached hydrogen (secondary N) is 1. The summed E-state index contributed by atoms with van der Waals surface area (Å²) in [5.41, 5.74) is 1.83. The van der Waals surface area contributed by atoms with E-state index in [2.05, 4.69) is 10.4 Å². The molecule has 4 rings (SSSR count). The number of hydrogen-bond donors (Lipinski definition) is 1. The zero-order valence-corrected chi connectivity index (χ0v) is 17.4. The number of hydrogen-bond acceptors (Lipinski definition) is 4. The van der Waals surface area contributed by atoms with Gasteiger partial charge in [0.05, 0.1) is 18.0 Å². The molecule has 0 aliphatic carbocycles. The van der Waals surface area contributed by atoms with Crippen molar-refractivity contribution in [3.63, 3.8) is 0 Å². The smallest absolute Gasteiger partial charge is 0.274 e. The highest BCUT2D eigenvalue weighted by molar-refractivity contribution is 6.05. The maximum Gasteiger partial charge on any atom is 0.274 e. The molecule has 0 radical (unpaired) electrons. The Hall–Kier alpha value is -3.93. The van der Waals surface area contributed by atoms with E-state index in [1.807, 2.05) is 61.5 Å². The number of amides is 1. The van der Waals surface area contributed by atoms with Crippen LogP contribution in [-0.4, -0.2) is 22.3 Å². The van der Waals surface area contributed by atoms with E-state index >= 15 is 0 Å². The highest BCUT2D eigenvalue weighted by Gasteiger charge is 2.21. The molecule has 1 atom stereocenters. The first-order chi connectivity index (χ1) is 15.1. The molecule has 0 fully saturated rings. The summed E-state index contributed by atoms with van der Waals surface area (Å²) in [4.78, 5) is 25.7. The first kappa shape index (κ1) is 20.3. The molecule has 1 aromatic heterocycles. The Morgan fingerprint density at radius 3 is 2.23 bits per heavy atom. The maximum absolute atomic E-state index is 13.3. The predicted molar refractivity (Wildman–Crippen MR) is 120 cm³/mol. The average Bonchev–Trinajstić information content (AvgIpc) is 2.81. The second kappa shape index (κ2) is 8.83. The fourth-order valence-electron chi connectivity index (χ4n) is 3.59. The summed E-state index contributed by atoms with van der Waals surface area (Å²) in [5.74, 6) is 0.421. The van der Waals surface area contributed by atoms with Gasteiger partial charge in [0.15, 0.2) is 5.69 Å². The summed E-state index contributed by atoms with van der Waals surface area (Å²) in [6.45, 7) is 2.52. The third kappa shape index (κ3) is 4.19. The van der Waals surface area contributed by atoms with E-state index in [4.69, 9.17) is 4.74 Å². The van der Waals surface area contributed by atoms with Gasteiger partial charge in [-0.1, -0.05) is 60.7 Å². The van der Waals surface area contributed by atoms with Gasteiger partial charge in [0.2, 0.25) is 0 Å². The van der Waals surface area contributed by atoms with E-state index in [9.17, 15) is 9.59 Å². The fourth-order valence-corrected chi connectivity index (χ4v) is 3.59. The third-order valence-corrected chi connectivity index (χ3v) is 5.10. The van der Waals surface area contributed by atoms with Crippen LogP contribution in [0.4, 0.5) is 0 Å². The molecule has 0 saturated carbocycles. The molecular weight excluding hydrogens is 390 g/mol. The Morgan fingerprint density at radius 2 is 1.55 bits per heavy atom. The minimum atomic E-state index is -0.387. The molecule has 156 valence electrons. The van der Waals surface area contributed by atoms with Crippen LogP contribution in [0.5, 0.6) is 5.75 Å². The van der Waals surface area contributed by atoms with Crippen molar-refractivity contribution in [2.45, 2.75) is 13.0 Å². The molecule has 6 heteroatoms. The normalized spacial score (nSPS) is 11.8. The molecule has 0 saturated heterocycles. The van der Waals surface area contributed by atoms with E-state index in [0.717, 1.165) is 16.9 Å². The molecule has 0 aliphatic rings. The minimum absolute atomic E-state index is 0.213. The quantitative estimate of drug-likeness (QED) is 0.521. The van der Waals surface area contributed by atoms with E-state index < -0.39 is 0 Å². The van der Waals surface area contributed by atoms with E-state index in [1.165, 1.54) is 4.68 Å². The Kier molecular flexibility index (Phi) is 5.80. The topological polar surface area (TPSA) is 73.2 Å². The summed E-state index contributed by atoms with van der Waals surface area (Å²) in [6.07, 6.45) is 0. The number of ether oxygens (including phenoxy) is 1. The van der Waals surface area contributed by atoms with Crippen molar-refractivity contribution in [3.05, 3.63) is 106 Å². The van der Waals surface area contributed by atoms with Gasteiger partial charge in [-0.3, -0.25) is 9.59 Å². The Morgan fingerprint density at radius 1 is 0.935 bits per heavy atom. The van der Waals surface area contributed by atoms with E-state index in [-0.39, 0.29) is 23.2 Å². The number of benzene rings is 3. The lowest BCUT2D eigenvalue weighted by molar-refractivity contribution is 0.0937. The molecule has 1 amide bonds. The molecule has 1 unspecified atom stereocenters. The fraction of sp³-hybridized carbons (Fsp3) is 0.160. The zero-order chi connectivity index (χ0) is 21.8. The summed E-state index contributed by atoms with van der Waals surface area (Å²) >= 11 is 0. The molecule has 1 N–H and O–H groups in total. The van der Waals surface area contributed by atoms with Gasteiger partial charge in [-0.15, -0.1) is 0 Å². The van der Waals surface area contributed by atoms with Gasteiger partial charge in [0.25, 0.3) is 11.5 Å². The molecule has 0 bridgehead atoms. The number of rotatable bonds is 6. The number of nitrogens with zero attached hydrogens (tertiary/aromatic N) is 2. The zero-order valence-electron chi connectivity index (χ0n) is 17.4. The van der Waals surface area contributed by atoms with Crippen molar-refractivity contribution in [3.8, 4) is 5.75 Å². The Labute approximate surface area is 180 Å². The highest BCUT2D eigenvalue weighted by atomic mass is 16.5. The number of fused-ring (bicyclic) bond motifs is 1. The summed E-state index contributed by atoms with van der Waals surface area (Å²) in [7, 11) is 1.55. The summed E-state index contributed by atoms with van der Waals surface area (Å²) in [5, 5.41) is 8.34. The van der Waals surface area contributed by atoms with Crippen LogP contribution in [0.2, 0.25) is 0 Å². The van der Waals surface area contributed by atoms with Crippen molar-refractivity contribution >= 4 is 16.7 Å². The van der Waals surface area contributed by atoms with Gasteiger partial charge in [0, 0.05) is 12.4 Å². The third-order valence-electron chi connectivity index (χ3n) is 5.10. The van der Waals surface area contributed by atoms with Crippen LogP contribution >= 0.6 is 0 Å². The molecule has 1 heterocycles. The Bertz CT molecular complexity index is 1260. The minimum Gasteiger partial charge on any atom is -0.494 e. The van der Waals surface area contributed by atoms with Crippen LogP contribution in [0.3, 0.4) is 0 Å². The predicted octanol–water partition coefficient (Wildman–Crippen LogP) is 3.85. The second-order valence-corrected chi connectivity index (χ2v) is 7.14.